The van der Waals surface area contributed by atoms with Crippen LogP contribution >= 0.6 is 11.6 Å². The largest absolute Gasteiger partial charge is 0.263 e. The predicted molar refractivity (Wildman–Crippen MR) is 42.6 cm³/mol. The molecular formula is C7H10ClN3. The maximum absolute atomic E-state index is 5.80. The second-order valence-corrected chi connectivity index (χ2v) is 3.62. The van der Waals surface area contributed by atoms with Crippen LogP contribution in [-0.4, -0.2) is 15.2 Å². The molecule has 1 fully saturated rings. The van der Waals surface area contributed by atoms with Crippen molar-refractivity contribution in [3.05, 3.63) is 11.6 Å². The molecule has 11 heavy (non-hydrogen) atoms. The van der Waals surface area contributed by atoms with E-state index in [2.05, 4.69) is 15.2 Å². The molecule has 1 aromatic rings. The molecule has 0 radical (unpaired) electrons. The summed E-state index contributed by atoms with van der Waals surface area (Å²) in [6.45, 7) is 1.88. The minimum Gasteiger partial charge on any atom is -0.263 e. The minimum absolute atomic E-state index is 0.0845. The van der Waals surface area contributed by atoms with Crippen molar-refractivity contribution in [2.45, 2.75) is 31.1 Å². The third kappa shape index (κ3) is 1.38. The number of halogens is 1. The molecule has 60 valence electrons. The zero-order chi connectivity index (χ0) is 7.84. The van der Waals surface area contributed by atoms with Gasteiger partial charge in [0.25, 0.3) is 0 Å². The molecule has 0 amide bonds. The molecule has 0 saturated heterocycles. The lowest BCUT2D eigenvalue weighted by Gasteiger charge is -1.90. The highest BCUT2D eigenvalue weighted by Gasteiger charge is 2.27. The first-order valence-electron chi connectivity index (χ1n) is 3.83. The summed E-state index contributed by atoms with van der Waals surface area (Å²) in [6.07, 6.45) is 2.48. The fourth-order valence-electron chi connectivity index (χ4n) is 1.01. The highest BCUT2D eigenvalue weighted by molar-refractivity contribution is 6.20. The van der Waals surface area contributed by atoms with Gasteiger partial charge < -0.3 is 0 Å². The topological polar surface area (TPSA) is 41.6 Å². The maximum atomic E-state index is 5.80. The zero-order valence-electron chi connectivity index (χ0n) is 6.34. The molecule has 0 bridgehead atoms. The van der Waals surface area contributed by atoms with Crippen LogP contribution in [0.2, 0.25) is 0 Å². The summed E-state index contributed by atoms with van der Waals surface area (Å²) >= 11 is 5.80. The second kappa shape index (κ2) is 2.48. The van der Waals surface area contributed by atoms with Gasteiger partial charge in [-0.1, -0.05) is 0 Å². The van der Waals surface area contributed by atoms with Crippen LogP contribution in [0.25, 0.3) is 0 Å². The van der Waals surface area contributed by atoms with E-state index in [0.717, 1.165) is 5.82 Å². The number of rotatable bonds is 2. The Morgan fingerprint density at radius 2 is 2.36 bits per heavy atom. The molecule has 3 nitrogen and oxygen atoms in total. The molecule has 1 saturated carbocycles. The third-order valence-electron chi connectivity index (χ3n) is 1.84. The molecular weight excluding hydrogens is 162 g/mol. The van der Waals surface area contributed by atoms with Crippen LogP contribution in [0.15, 0.2) is 0 Å². The van der Waals surface area contributed by atoms with E-state index in [4.69, 9.17) is 11.6 Å². The molecule has 0 aliphatic heterocycles. The normalized spacial score (nSPS) is 20.2. The van der Waals surface area contributed by atoms with Crippen molar-refractivity contribution in [3.63, 3.8) is 0 Å². The van der Waals surface area contributed by atoms with Crippen LogP contribution in [0.1, 0.15) is 42.7 Å². The van der Waals surface area contributed by atoms with Gasteiger partial charge in [0, 0.05) is 5.92 Å². The van der Waals surface area contributed by atoms with Crippen LogP contribution in [-0.2, 0) is 0 Å². The van der Waals surface area contributed by atoms with Gasteiger partial charge in [-0.3, -0.25) is 5.10 Å². The van der Waals surface area contributed by atoms with Gasteiger partial charge in [0.2, 0.25) is 0 Å². The third-order valence-corrected chi connectivity index (χ3v) is 2.04. The van der Waals surface area contributed by atoms with Gasteiger partial charge in [0.15, 0.2) is 5.82 Å². The Morgan fingerprint density at radius 1 is 1.64 bits per heavy atom. The summed E-state index contributed by atoms with van der Waals surface area (Å²) in [5.41, 5.74) is 0. The molecule has 1 aliphatic rings. The Labute approximate surface area is 70.2 Å². The van der Waals surface area contributed by atoms with Crippen LogP contribution in [0.5, 0.6) is 0 Å². The maximum Gasteiger partial charge on any atom is 0.168 e. The summed E-state index contributed by atoms with van der Waals surface area (Å²) in [7, 11) is 0. The van der Waals surface area contributed by atoms with Crippen LogP contribution in [0.4, 0.5) is 0 Å². The second-order valence-electron chi connectivity index (χ2n) is 2.97. The lowest BCUT2D eigenvalue weighted by Crippen LogP contribution is -1.87. The smallest absolute Gasteiger partial charge is 0.168 e. The van der Waals surface area contributed by atoms with Crippen LogP contribution in [0.3, 0.4) is 0 Å². The average molecular weight is 172 g/mol. The summed E-state index contributed by atoms with van der Waals surface area (Å²) in [5.74, 6) is 2.35. The number of nitrogens with zero attached hydrogens (tertiary/aromatic N) is 2. The summed E-state index contributed by atoms with van der Waals surface area (Å²) in [5, 5.41) is 6.83. The number of nitrogens with one attached hydrogen (secondary N) is 1. The quantitative estimate of drug-likeness (QED) is 0.692. The van der Waals surface area contributed by atoms with E-state index in [1.807, 2.05) is 6.92 Å². The van der Waals surface area contributed by atoms with E-state index in [-0.39, 0.29) is 5.38 Å². The van der Waals surface area contributed by atoms with Crippen LogP contribution in [0, 0.1) is 0 Å². The summed E-state index contributed by atoms with van der Waals surface area (Å²) in [6, 6.07) is 0. The van der Waals surface area contributed by atoms with Crippen molar-refractivity contribution in [1.29, 1.82) is 0 Å². The molecule has 0 spiro atoms. The first-order valence-corrected chi connectivity index (χ1v) is 4.27. The molecule has 1 heterocycles. The van der Waals surface area contributed by atoms with Crippen LogP contribution < -0.4 is 0 Å². The van der Waals surface area contributed by atoms with E-state index in [0.29, 0.717) is 11.7 Å². The van der Waals surface area contributed by atoms with E-state index >= 15 is 0 Å². The molecule has 1 N–H and O–H groups in total. The minimum atomic E-state index is -0.0845. The number of aromatic amines is 1. The SMILES string of the molecule is CC(Cl)c1n[nH]c(C2CC2)n1. The Bertz CT molecular complexity index is 235. The van der Waals surface area contributed by atoms with Crippen molar-refractivity contribution in [1.82, 2.24) is 15.2 Å². The van der Waals surface area contributed by atoms with Gasteiger partial charge in [-0.05, 0) is 19.8 Å². The summed E-state index contributed by atoms with van der Waals surface area (Å²) in [4.78, 5) is 4.27. The van der Waals surface area contributed by atoms with Crippen molar-refractivity contribution < 1.29 is 0 Å². The van der Waals surface area contributed by atoms with Gasteiger partial charge in [-0.25, -0.2) is 4.98 Å². The van der Waals surface area contributed by atoms with Crippen molar-refractivity contribution >= 4 is 11.6 Å². The number of alkyl halides is 1. The van der Waals surface area contributed by atoms with Crippen molar-refractivity contribution in [3.8, 4) is 0 Å². The molecule has 2 rings (SSSR count). The lowest BCUT2D eigenvalue weighted by atomic mass is 10.4. The zero-order valence-corrected chi connectivity index (χ0v) is 7.10. The highest BCUT2D eigenvalue weighted by atomic mass is 35.5. The standard InChI is InChI=1S/C7H10ClN3/c1-4(8)6-9-7(11-10-6)5-2-3-5/h4-5H,2-3H2,1H3,(H,9,10,11). The molecule has 0 aromatic carbocycles. The van der Waals surface area contributed by atoms with Gasteiger partial charge >= 0.3 is 0 Å². The lowest BCUT2D eigenvalue weighted by molar-refractivity contribution is 0.916. The Morgan fingerprint density at radius 3 is 2.82 bits per heavy atom. The average Bonchev–Trinajstić information content (AvgIpc) is 2.68. The molecule has 1 aromatic heterocycles. The molecule has 4 heteroatoms. The van der Waals surface area contributed by atoms with Gasteiger partial charge in [-0.15, -0.1) is 11.6 Å². The predicted octanol–water partition coefficient (Wildman–Crippen LogP) is 1.98. The first-order chi connectivity index (χ1) is 5.27. The monoisotopic (exact) mass is 171 g/mol. The van der Waals surface area contributed by atoms with E-state index in [1.165, 1.54) is 12.8 Å². The highest BCUT2D eigenvalue weighted by Crippen LogP contribution is 2.38. The molecule has 1 atom stereocenters. The number of hydrogen-bond acceptors (Lipinski definition) is 2. The fraction of sp³-hybridized carbons (Fsp3) is 0.714. The van der Waals surface area contributed by atoms with Gasteiger partial charge in [0.1, 0.15) is 5.82 Å². The van der Waals surface area contributed by atoms with E-state index < -0.39 is 0 Å². The van der Waals surface area contributed by atoms with Crippen molar-refractivity contribution in [2.75, 3.05) is 0 Å². The number of hydrogen-bond donors (Lipinski definition) is 1. The first kappa shape index (κ1) is 7.10. The Balaban J connectivity index is 2.18. The van der Waals surface area contributed by atoms with E-state index in [1.54, 1.807) is 0 Å². The fourth-order valence-corrected chi connectivity index (χ4v) is 1.10. The summed E-state index contributed by atoms with van der Waals surface area (Å²) < 4.78 is 0. The van der Waals surface area contributed by atoms with Gasteiger partial charge in [0.05, 0.1) is 5.38 Å². The Hall–Kier alpha value is -0.570. The molecule has 1 unspecified atom stereocenters. The number of H-pyrrole nitrogens is 1. The van der Waals surface area contributed by atoms with E-state index in [9.17, 15) is 0 Å². The van der Waals surface area contributed by atoms with Crippen molar-refractivity contribution in [2.24, 2.45) is 0 Å². The Kier molecular flexibility index (Phi) is 1.60. The molecule has 1 aliphatic carbocycles. The number of aromatic nitrogens is 3. The van der Waals surface area contributed by atoms with Gasteiger partial charge in [-0.2, -0.15) is 5.10 Å².